The molecule has 0 aliphatic heterocycles. The van der Waals surface area contributed by atoms with Gasteiger partial charge >= 0.3 is 0 Å². The average molecular weight is 318 g/mol. The molecule has 2 aromatic heterocycles. The maximum absolute atomic E-state index is 13.6. The third-order valence-corrected chi connectivity index (χ3v) is 4.18. The van der Waals surface area contributed by atoms with Crippen LogP contribution >= 0.6 is 11.8 Å². The Kier molecular flexibility index (Phi) is 4.15. The van der Waals surface area contributed by atoms with Crippen LogP contribution in [0, 0.1) is 11.6 Å². The third kappa shape index (κ3) is 2.85. The average Bonchev–Trinajstić information content (AvgIpc) is 2.89. The Balaban J connectivity index is 1.81. The first-order valence-corrected chi connectivity index (χ1v) is 7.52. The van der Waals surface area contributed by atoms with Crippen LogP contribution in [0.5, 0.6) is 0 Å². The predicted octanol–water partition coefficient (Wildman–Crippen LogP) is 3.45. The van der Waals surface area contributed by atoms with Crippen LogP contribution in [0.3, 0.4) is 0 Å². The van der Waals surface area contributed by atoms with Crippen molar-refractivity contribution in [1.29, 1.82) is 0 Å². The van der Waals surface area contributed by atoms with Crippen molar-refractivity contribution in [3.05, 3.63) is 59.8 Å². The minimum atomic E-state index is -0.556. The summed E-state index contributed by atoms with van der Waals surface area (Å²) in [6.45, 7) is 0. The summed E-state index contributed by atoms with van der Waals surface area (Å²) in [6, 6.07) is 9.34. The van der Waals surface area contributed by atoms with E-state index in [0.29, 0.717) is 16.7 Å². The molecule has 0 atom stereocenters. The highest BCUT2D eigenvalue weighted by Crippen LogP contribution is 2.26. The van der Waals surface area contributed by atoms with E-state index in [2.05, 4.69) is 15.2 Å². The van der Waals surface area contributed by atoms with Crippen molar-refractivity contribution >= 4 is 11.8 Å². The van der Waals surface area contributed by atoms with E-state index in [9.17, 15) is 8.78 Å². The quantitative estimate of drug-likeness (QED) is 0.691. The summed E-state index contributed by atoms with van der Waals surface area (Å²) < 4.78 is 29.0. The van der Waals surface area contributed by atoms with Gasteiger partial charge in [0.25, 0.3) is 0 Å². The fraction of sp³-hybridized carbons (Fsp3) is 0.133. The number of pyridine rings is 1. The first-order valence-electron chi connectivity index (χ1n) is 6.53. The molecule has 2 heterocycles. The van der Waals surface area contributed by atoms with Crippen molar-refractivity contribution in [3.8, 4) is 11.5 Å². The van der Waals surface area contributed by atoms with E-state index in [4.69, 9.17) is 0 Å². The zero-order chi connectivity index (χ0) is 15.5. The van der Waals surface area contributed by atoms with Gasteiger partial charge in [-0.25, -0.2) is 8.78 Å². The summed E-state index contributed by atoms with van der Waals surface area (Å²) >= 11 is 1.23. The van der Waals surface area contributed by atoms with Gasteiger partial charge in [0.05, 0.1) is 0 Å². The number of halogens is 2. The van der Waals surface area contributed by atoms with E-state index in [1.54, 1.807) is 17.8 Å². The topological polar surface area (TPSA) is 43.6 Å². The zero-order valence-electron chi connectivity index (χ0n) is 11.7. The van der Waals surface area contributed by atoms with Gasteiger partial charge in [0.1, 0.15) is 17.3 Å². The molecule has 22 heavy (non-hydrogen) atoms. The molecule has 0 saturated heterocycles. The number of hydrogen-bond acceptors (Lipinski definition) is 4. The monoisotopic (exact) mass is 318 g/mol. The Labute approximate surface area is 130 Å². The van der Waals surface area contributed by atoms with Crippen LogP contribution in [0.25, 0.3) is 11.5 Å². The lowest BCUT2D eigenvalue weighted by atomic mass is 10.2. The molecular formula is C15H12F2N4S. The van der Waals surface area contributed by atoms with Crippen molar-refractivity contribution in [2.75, 3.05) is 0 Å². The first kappa shape index (κ1) is 14.6. The molecule has 0 bridgehead atoms. The maximum atomic E-state index is 13.6. The van der Waals surface area contributed by atoms with Crippen LogP contribution in [-0.2, 0) is 12.8 Å². The molecule has 0 aliphatic rings. The van der Waals surface area contributed by atoms with Gasteiger partial charge in [0, 0.05) is 24.6 Å². The lowest BCUT2D eigenvalue weighted by molar-refractivity contribution is 0.566. The van der Waals surface area contributed by atoms with Gasteiger partial charge in [-0.2, -0.15) is 0 Å². The fourth-order valence-corrected chi connectivity index (χ4v) is 2.89. The van der Waals surface area contributed by atoms with Crippen LogP contribution in [0.15, 0.2) is 47.8 Å². The van der Waals surface area contributed by atoms with Crippen molar-refractivity contribution in [1.82, 2.24) is 19.7 Å². The van der Waals surface area contributed by atoms with E-state index >= 15 is 0 Å². The first-order chi connectivity index (χ1) is 10.7. The van der Waals surface area contributed by atoms with Gasteiger partial charge in [-0.1, -0.05) is 23.9 Å². The number of rotatable bonds is 4. The highest BCUT2D eigenvalue weighted by Gasteiger charge is 2.14. The lowest BCUT2D eigenvalue weighted by Gasteiger charge is -2.05. The van der Waals surface area contributed by atoms with Crippen LogP contribution in [0.1, 0.15) is 5.56 Å². The Morgan fingerprint density at radius 2 is 1.82 bits per heavy atom. The maximum Gasteiger partial charge on any atom is 0.191 e. The van der Waals surface area contributed by atoms with Gasteiger partial charge in [-0.15, -0.1) is 10.2 Å². The minimum Gasteiger partial charge on any atom is -0.304 e. The van der Waals surface area contributed by atoms with Crippen molar-refractivity contribution in [2.45, 2.75) is 10.9 Å². The second-order valence-electron chi connectivity index (χ2n) is 4.57. The Morgan fingerprint density at radius 1 is 1.05 bits per heavy atom. The molecule has 3 rings (SSSR count). The van der Waals surface area contributed by atoms with Crippen LogP contribution in [-0.4, -0.2) is 19.7 Å². The molecule has 0 saturated carbocycles. The number of benzene rings is 1. The normalized spacial score (nSPS) is 10.9. The van der Waals surface area contributed by atoms with E-state index in [1.807, 2.05) is 18.2 Å². The van der Waals surface area contributed by atoms with Crippen LogP contribution in [0.4, 0.5) is 8.78 Å². The molecule has 0 spiro atoms. The fourth-order valence-electron chi connectivity index (χ4n) is 1.97. The van der Waals surface area contributed by atoms with Crippen molar-refractivity contribution < 1.29 is 8.78 Å². The number of nitrogens with zero attached hydrogens (tertiary/aromatic N) is 4. The molecule has 0 N–H and O–H groups in total. The molecule has 0 fully saturated rings. The summed E-state index contributed by atoms with van der Waals surface area (Å²) in [6.07, 6.45) is 1.67. The van der Waals surface area contributed by atoms with Crippen LogP contribution < -0.4 is 0 Å². The van der Waals surface area contributed by atoms with E-state index in [0.717, 1.165) is 0 Å². The van der Waals surface area contributed by atoms with Crippen LogP contribution in [0.2, 0.25) is 0 Å². The summed E-state index contributed by atoms with van der Waals surface area (Å²) in [4.78, 5) is 4.22. The molecule has 0 unspecified atom stereocenters. The zero-order valence-corrected chi connectivity index (χ0v) is 12.5. The molecule has 1 aromatic carbocycles. The van der Waals surface area contributed by atoms with E-state index in [-0.39, 0.29) is 11.3 Å². The molecule has 0 radical (unpaired) electrons. The van der Waals surface area contributed by atoms with Crippen molar-refractivity contribution in [3.63, 3.8) is 0 Å². The highest BCUT2D eigenvalue weighted by atomic mass is 32.2. The second kappa shape index (κ2) is 6.23. The molecule has 3 aromatic rings. The molecule has 7 heteroatoms. The number of aromatic nitrogens is 4. The Morgan fingerprint density at radius 3 is 2.50 bits per heavy atom. The molecular weight excluding hydrogens is 306 g/mol. The molecule has 0 aliphatic carbocycles. The van der Waals surface area contributed by atoms with Gasteiger partial charge in [0.2, 0.25) is 0 Å². The number of thioether (sulfide) groups is 1. The summed E-state index contributed by atoms with van der Waals surface area (Å²) in [7, 11) is 1.80. The molecule has 112 valence electrons. The smallest absolute Gasteiger partial charge is 0.191 e. The lowest BCUT2D eigenvalue weighted by Crippen LogP contribution is -1.98. The van der Waals surface area contributed by atoms with Crippen molar-refractivity contribution in [2.24, 2.45) is 7.05 Å². The van der Waals surface area contributed by atoms with Gasteiger partial charge < -0.3 is 4.57 Å². The Bertz CT molecular complexity index is 769. The van der Waals surface area contributed by atoms with E-state index in [1.165, 1.54) is 30.0 Å². The molecule has 4 nitrogen and oxygen atoms in total. The minimum absolute atomic E-state index is 0.0369. The number of hydrogen-bond donors (Lipinski definition) is 0. The summed E-state index contributed by atoms with van der Waals surface area (Å²) in [5.74, 6) is -0.358. The molecule has 0 amide bonds. The Hall–Kier alpha value is -2.28. The second-order valence-corrected chi connectivity index (χ2v) is 5.51. The third-order valence-electron chi connectivity index (χ3n) is 3.14. The summed E-state index contributed by atoms with van der Waals surface area (Å²) in [5, 5.41) is 8.72. The largest absolute Gasteiger partial charge is 0.304 e. The van der Waals surface area contributed by atoms with Gasteiger partial charge in [-0.3, -0.25) is 4.98 Å². The highest BCUT2D eigenvalue weighted by molar-refractivity contribution is 7.98. The predicted molar refractivity (Wildman–Crippen MR) is 80.2 cm³/mol. The SMILES string of the molecule is Cn1c(SCc2c(F)cccc2F)nnc1-c1ccccn1. The van der Waals surface area contributed by atoms with E-state index < -0.39 is 11.6 Å². The van der Waals surface area contributed by atoms with Gasteiger partial charge in [-0.05, 0) is 24.3 Å². The standard InChI is InChI=1S/C15H12F2N4S/c1-21-14(13-7-2-3-8-18-13)19-20-15(21)22-9-10-11(16)5-4-6-12(10)17/h2-8H,9H2,1H3. The van der Waals surface area contributed by atoms with Gasteiger partial charge in [0.15, 0.2) is 11.0 Å². The summed E-state index contributed by atoms with van der Waals surface area (Å²) in [5.41, 5.74) is 0.733.